The second kappa shape index (κ2) is 8.61. The molecule has 5 rings (SSSR count). The van der Waals surface area contributed by atoms with Crippen LogP contribution in [0.4, 0.5) is 5.82 Å². The Bertz CT molecular complexity index is 1400. The Hall–Kier alpha value is -3.42. The number of anilines is 1. The van der Waals surface area contributed by atoms with E-state index >= 15 is 0 Å². The van der Waals surface area contributed by atoms with Crippen molar-refractivity contribution >= 4 is 39.0 Å². The number of thiazole rings is 1. The van der Waals surface area contributed by atoms with Gasteiger partial charge in [-0.15, -0.1) is 11.3 Å². The van der Waals surface area contributed by atoms with Gasteiger partial charge in [-0.2, -0.15) is 0 Å². The van der Waals surface area contributed by atoms with Crippen LogP contribution in [0.2, 0.25) is 5.28 Å². The van der Waals surface area contributed by atoms with Crippen molar-refractivity contribution in [1.82, 2.24) is 24.9 Å². The van der Waals surface area contributed by atoms with Crippen LogP contribution in [0.1, 0.15) is 24.4 Å². The smallest absolute Gasteiger partial charge is 0.222 e. The Labute approximate surface area is 194 Å². The number of hydrogen-bond acceptors (Lipinski definition) is 7. The molecule has 158 valence electrons. The Morgan fingerprint density at radius 3 is 2.59 bits per heavy atom. The lowest BCUT2D eigenvalue weighted by atomic mass is 10.0. The van der Waals surface area contributed by atoms with Crippen LogP contribution in [0.15, 0.2) is 66.4 Å². The van der Waals surface area contributed by atoms with Gasteiger partial charge in [-0.3, -0.25) is 0 Å². The Kier molecular flexibility index (Phi) is 5.51. The van der Waals surface area contributed by atoms with E-state index in [9.17, 15) is 0 Å². The van der Waals surface area contributed by atoms with Gasteiger partial charge >= 0.3 is 0 Å². The molecule has 3 heterocycles. The van der Waals surface area contributed by atoms with Crippen molar-refractivity contribution in [3.05, 3.63) is 83.1 Å². The Morgan fingerprint density at radius 1 is 0.906 bits per heavy atom. The Morgan fingerprint density at radius 2 is 1.75 bits per heavy atom. The second-order valence-electron chi connectivity index (χ2n) is 7.45. The third-order valence-corrected chi connectivity index (χ3v) is 6.16. The first-order valence-electron chi connectivity index (χ1n) is 10.1. The molecule has 3 aromatic heterocycles. The van der Waals surface area contributed by atoms with E-state index in [1.165, 1.54) is 0 Å². The van der Waals surface area contributed by atoms with Gasteiger partial charge in [0.2, 0.25) is 5.28 Å². The predicted octanol–water partition coefficient (Wildman–Crippen LogP) is 6.35. The van der Waals surface area contributed by atoms with Crippen molar-refractivity contribution in [2.75, 3.05) is 5.32 Å². The van der Waals surface area contributed by atoms with Crippen LogP contribution in [0.25, 0.3) is 32.6 Å². The van der Waals surface area contributed by atoms with E-state index in [-0.39, 0.29) is 11.3 Å². The second-order valence-corrected chi connectivity index (χ2v) is 8.68. The van der Waals surface area contributed by atoms with Gasteiger partial charge in [0.1, 0.15) is 11.6 Å². The molecular formula is C24H19ClN6S. The summed E-state index contributed by atoms with van der Waals surface area (Å²) >= 11 is 7.44. The van der Waals surface area contributed by atoms with Gasteiger partial charge in [0.15, 0.2) is 0 Å². The highest BCUT2D eigenvalue weighted by Gasteiger charge is 2.11. The number of nitrogens with zero attached hydrogens (tertiary/aromatic N) is 5. The molecule has 0 amide bonds. The maximum Gasteiger partial charge on any atom is 0.222 e. The third kappa shape index (κ3) is 4.30. The van der Waals surface area contributed by atoms with Crippen LogP contribution >= 0.6 is 22.9 Å². The molecule has 0 aliphatic heterocycles. The minimum atomic E-state index is 0.0364. The van der Waals surface area contributed by atoms with Crippen LogP contribution < -0.4 is 5.32 Å². The lowest BCUT2D eigenvalue weighted by molar-refractivity contribution is 0.868. The topological polar surface area (TPSA) is 76.5 Å². The summed E-state index contributed by atoms with van der Waals surface area (Å²) in [5.41, 5.74) is 7.87. The molecule has 1 N–H and O–H groups in total. The predicted molar refractivity (Wildman–Crippen MR) is 130 cm³/mol. The van der Waals surface area contributed by atoms with E-state index in [2.05, 4.69) is 61.4 Å². The Balaban J connectivity index is 1.41. The molecule has 0 saturated carbocycles. The van der Waals surface area contributed by atoms with Crippen molar-refractivity contribution in [2.45, 2.75) is 19.9 Å². The molecule has 8 heteroatoms. The molecule has 1 atom stereocenters. The molecule has 0 spiro atoms. The van der Waals surface area contributed by atoms with Crippen molar-refractivity contribution in [1.29, 1.82) is 0 Å². The van der Waals surface area contributed by atoms with E-state index in [0.717, 1.165) is 44.0 Å². The minimum Gasteiger partial charge on any atom is -0.363 e. The average Bonchev–Trinajstić information content (AvgIpc) is 3.27. The lowest BCUT2D eigenvalue weighted by Crippen LogP contribution is -2.09. The fourth-order valence-corrected chi connectivity index (χ4v) is 4.37. The summed E-state index contributed by atoms with van der Waals surface area (Å²) < 4.78 is 1.14. The average molecular weight is 459 g/mol. The lowest BCUT2D eigenvalue weighted by Gasteiger charge is -2.17. The molecule has 5 aromatic rings. The number of fused-ring (bicyclic) bond motifs is 1. The van der Waals surface area contributed by atoms with Gasteiger partial charge < -0.3 is 5.32 Å². The monoisotopic (exact) mass is 458 g/mol. The number of hydrogen-bond donors (Lipinski definition) is 1. The molecule has 2 aromatic carbocycles. The SMILES string of the molecule is Cc1nc(NC(C)c2cccc(-c3cnc(Cl)nc3)c2)cc(-c2ccc3ncsc3c2)n1. The van der Waals surface area contributed by atoms with Crippen LogP contribution in [-0.4, -0.2) is 24.9 Å². The zero-order valence-electron chi connectivity index (χ0n) is 17.5. The van der Waals surface area contributed by atoms with Crippen molar-refractivity contribution < 1.29 is 0 Å². The van der Waals surface area contributed by atoms with E-state index in [4.69, 9.17) is 11.6 Å². The van der Waals surface area contributed by atoms with Crippen molar-refractivity contribution in [3.63, 3.8) is 0 Å². The number of nitrogens with one attached hydrogen (secondary N) is 1. The first-order chi connectivity index (χ1) is 15.5. The first kappa shape index (κ1) is 20.5. The molecule has 0 saturated heterocycles. The van der Waals surface area contributed by atoms with E-state index in [0.29, 0.717) is 5.82 Å². The quantitative estimate of drug-likeness (QED) is 0.309. The molecule has 32 heavy (non-hydrogen) atoms. The highest BCUT2D eigenvalue weighted by Crippen LogP contribution is 2.28. The third-order valence-electron chi connectivity index (χ3n) is 5.17. The summed E-state index contributed by atoms with van der Waals surface area (Å²) in [6, 6.07) is 16.5. The summed E-state index contributed by atoms with van der Waals surface area (Å²) in [6.07, 6.45) is 3.46. The molecular weight excluding hydrogens is 440 g/mol. The number of rotatable bonds is 5. The first-order valence-corrected chi connectivity index (χ1v) is 11.3. The molecule has 1 unspecified atom stereocenters. The zero-order chi connectivity index (χ0) is 22.1. The summed E-state index contributed by atoms with van der Waals surface area (Å²) in [5, 5.41) is 3.76. The molecule has 0 radical (unpaired) electrons. The highest BCUT2D eigenvalue weighted by atomic mass is 35.5. The number of aromatic nitrogens is 5. The van der Waals surface area contributed by atoms with Gasteiger partial charge in [0, 0.05) is 35.6 Å². The van der Waals surface area contributed by atoms with Gasteiger partial charge in [0.25, 0.3) is 0 Å². The minimum absolute atomic E-state index is 0.0364. The van der Waals surface area contributed by atoms with E-state index < -0.39 is 0 Å². The summed E-state index contributed by atoms with van der Waals surface area (Å²) in [5.74, 6) is 1.50. The molecule has 6 nitrogen and oxygen atoms in total. The molecule has 0 aliphatic carbocycles. The fourth-order valence-electron chi connectivity index (χ4n) is 3.56. The normalized spacial score (nSPS) is 12.1. The van der Waals surface area contributed by atoms with Gasteiger partial charge in [-0.1, -0.05) is 24.3 Å². The van der Waals surface area contributed by atoms with E-state index in [1.807, 2.05) is 36.7 Å². The maximum absolute atomic E-state index is 5.82. The fraction of sp³-hybridized carbons (Fsp3) is 0.125. The number of benzene rings is 2. The summed E-state index contributed by atoms with van der Waals surface area (Å²) in [4.78, 5) is 21.8. The molecule has 0 bridgehead atoms. The standard InChI is InChI=1S/C24H19ClN6S/c1-14(16-4-3-5-17(8-16)19-11-26-24(25)27-12-19)29-23-10-21(30-15(2)31-23)18-6-7-20-22(9-18)32-13-28-20/h3-14H,1-2H3,(H,29,30,31). The van der Waals surface area contributed by atoms with Crippen LogP contribution in [-0.2, 0) is 0 Å². The van der Waals surface area contributed by atoms with Crippen molar-refractivity contribution in [2.24, 2.45) is 0 Å². The zero-order valence-corrected chi connectivity index (χ0v) is 19.0. The van der Waals surface area contributed by atoms with Crippen LogP contribution in [0.3, 0.4) is 0 Å². The van der Waals surface area contributed by atoms with Gasteiger partial charge in [-0.25, -0.2) is 24.9 Å². The molecule has 0 fully saturated rings. The van der Waals surface area contributed by atoms with Crippen LogP contribution in [0, 0.1) is 6.92 Å². The van der Waals surface area contributed by atoms with Crippen LogP contribution in [0.5, 0.6) is 0 Å². The highest BCUT2D eigenvalue weighted by molar-refractivity contribution is 7.16. The number of halogens is 1. The summed E-state index contributed by atoms with van der Waals surface area (Å²) in [7, 11) is 0. The maximum atomic E-state index is 5.82. The number of aryl methyl sites for hydroxylation is 1. The summed E-state index contributed by atoms with van der Waals surface area (Å²) in [6.45, 7) is 4.02. The molecule has 0 aliphatic rings. The van der Waals surface area contributed by atoms with Crippen molar-refractivity contribution in [3.8, 4) is 22.4 Å². The largest absolute Gasteiger partial charge is 0.363 e. The van der Waals surface area contributed by atoms with Gasteiger partial charge in [0.05, 0.1) is 21.4 Å². The van der Waals surface area contributed by atoms with E-state index in [1.54, 1.807) is 23.7 Å². The van der Waals surface area contributed by atoms with Gasteiger partial charge in [-0.05, 0) is 54.8 Å².